The lowest BCUT2D eigenvalue weighted by Crippen LogP contribution is -2.29. The van der Waals surface area contributed by atoms with Gasteiger partial charge in [-0.15, -0.1) is 0 Å². The smallest absolute Gasteiger partial charge is 0.293 e. The van der Waals surface area contributed by atoms with E-state index < -0.39 is 0 Å². The molecule has 0 unspecified atom stereocenters. The van der Waals surface area contributed by atoms with Crippen LogP contribution in [-0.2, 0) is 0 Å². The van der Waals surface area contributed by atoms with Crippen LogP contribution in [0.4, 0.5) is 11.4 Å². The molecule has 10 heteroatoms. The van der Waals surface area contributed by atoms with E-state index >= 15 is 0 Å². The van der Waals surface area contributed by atoms with Crippen LogP contribution in [0.15, 0.2) is 47.6 Å². The van der Waals surface area contributed by atoms with Crippen LogP contribution < -0.4 is 9.64 Å². The average Bonchev–Trinajstić information content (AvgIpc) is 3.18. The Bertz CT molecular complexity index is 1200. The van der Waals surface area contributed by atoms with Gasteiger partial charge < -0.3 is 9.64 Å². The lowest BCUT2D eigenvalue weighted by Gasteiger charge is -2.28. The summed E-state index contributed by atoms with van der Waals surface area (Å²) in [5, 5.41) is 23.2. The standard InChI is InChI=1S/C22H24N6O3S/c1-2-31-18-8-6-7-17(14-18)21-24-25-22(32)27(21)23-15-16-9-10-19(20(13-16)28(29)30)26-11-4-3-5-12-26/h6-10,13-15H,2-5,11-12H2,1H3,(H,25,32). The molecular formula is C22H24N6O3S. The Morgan fingerprint density at radius 2 is 2.06 bits per heavy atom. The Balaban J connectivity index is 1.65. The van der Waals surface area contributed by atoms with Crippen molar-refractivity contribution in [2.24, 2.45) is 5.10 Å². The molecule has 1 N–H and O–H groups in total. The highest BCUT2D eigenvalue weighted by Gasteiger charge is 2.21. The van der Waals surface area contributed by atoms with Gasteiger partial charge in [-0.2, -0.15) is 14.9 Å². The highest BCUT2D eigenvalue weighted by molar-refractivity contribution is 7.71. The molecule has 0 saturated carbocycles. The molecule has 2 heterocycles. The number of hydrogen-bond acceptors (Lipinski definition) is 7. The van der Waals surface area contributed by atoms with Crippen LogP contribution in [0, 0.1) is 14.9 Å². The van der Waals surface area contributed by atoms with Crippen molar-refractivity contribution in [1.29, 1.82) is 0 Å². The number of H-pyrrole nitrogens is 1. The molecule has 1 fully saturated rings. The zero-order chi connectivity index (χ0) is 22.5. The van der Waals surface area contributed by atoms with E-state index in [0.717, 1.165) is 43.7 Å². The maximum Gasteiger partial charge on any atom is 0.293 e. The molecule has 166 valence electrons. The summed E-state index contributed by atoms with van der Waals surface area (Å²) in [6.07, 6.45) is 4.81. The number of aromatic nitrogens is 3. The Morgan fingerprint density at radius 1 is 1.25 bits per heavy atom. The third-order valence-corrected chi connectivity index (χ3v) is 5.53. The van der Waals surface area contributed by atoms with Crippen LogP contribution in [0.1, 0.15) is 31.7 Å². The molecule has 0 atom stereocenters. The fourth-order valence-corrected chi connectivity index (χ4v) is 3.95. The zero-order valence-electron chi connectivity index (χ0n) is 17.7. The van der Waals surface area contributed by atoms with Gasteiger partial charge in [-0.25, -0.2) is 5.10 Å². The van der Waals surface area contributed by atoms with Gasteiger partial charge in [0, 0.05) is 30.3 Å². The molecular weight excluding hydrogens is 428 g/mol. The van der Waals surface area contributed by atoms with E-state index in [9.17, 15) is 10.1 Å². The SMILES string of the molecule is CCOc1cccc(-c2n[nH]c(=S)n2N=Cc2ccc(N3CCCCC3)c([N+](=O)[O-])c2)c1. The zero-order valence-corrected chi connectivity index (χ0v) is 18.5. The number of benzene rings is 2. The van der Waals surface area contributed by atoms with Crippen molar-refractivity contribution in [3.05, 3.63) is 62.9 Å². The quantitative estimate of drug-likeness (QED) is 0.239. The summed E-state index contributed by atoms with van der Waals surface area (Å²) in [6, 6.07) is 12.7. The van der Waals surface area contributed by atoms with Gasteiger partial charge in [0.25, 0.3) is 5.69 Å². The molecule has 0 radical (unpaired) electrons. The molecule has 9 nitrogen and oxygen atoms in total. The van der Waals surface area contributed by atoms with E-state index in [-0.39, 0.29) is 10.6 Å². The number of nitrogens with one attached hydrogen (secondary N) is 1. The minimum Gasteiger partial charge on any atom is -0.494 e. The van der Waals surface area contributed by atoms with E-state index in [1.165, 1.54) is 4.68 Å². The van der Waals surface area contributed by atoms with Crippen molar-refractivity contribution in [3.63, 3.8) is 0 Å². The number of ether oxygens (including phenoxy) is 1. The number of nitro groups is 1. The maximum absolute atomic E-state index is 11.7. The van der Waals surface area contributed by atoms with Gasteiger partial charge in [0.2, 0.25) is 4.77 Å². The summed E-state index contributed by atoms with van der Waals surface area (Å²) in [5.41, 5.74) is 2.12. The highest BCUT2D eigenvalue weighted by Crippen LogP contribution is 2.31. The third-order valence-electron chi connectivity index (χ3n) is 5.27. The molecule has 0 amide bonds. The molecule has 1 aliphatic rings. The average molecular weight is 453 g/mol. The predicted molar refractivity (Wildman–Crippen MR) is 126 cm³/mol. The molecule has 4 rings (SSSR count). The molecule has 2 aromatic carbocycles. The van der Waals surface area contributed by atoms with Gasteiger partial charge in [0.1, 0.15) is 11.4 Å². The number of hydrogen-bond donors (Lipinski definition) is 1. The summed E-state index contributed by atoms with van der Waals surface area (Å²) in [6.45, 7) is 4.15. The van der Waals surface area contributed by atoms with E-state index in [2.05, 4.69) is 20.2 Å². The van der Waals surface area contributed by atoms with E-state index in [0.29, 0.717) is 28.5 Å². The second kappa shape index (κ2) is 9.73. The lowest BCUT2D eigenvalue weighted by atomic mass is 10.1. The third kappa shape index (κ3) is 4.70. The van der Waals surface area contributed by atoms with Crippen LogP contribution in [0.3, 0.4) is 0 Å². The van der Waals surface area contributed by atoms with Crippen molar-refractivity contribution in [1.82, 2.24) is 14.9 Å². The first kappa shape index (κ1) is 21.7. The van der Waals surface area contributed by atoms with Gasteiger partial charge in [-0.1, -0.05) is 18.2 Å². The summed E-state index contributed by atoms with van der Waals surface area (Å²) in [4.78, 5) is 13.5. The van der Waals surface area contributed by atoms with Crippen LogP contribution in [0.2, 0.25) is 0 Å². The van der Waals surface area contributed by atoms with Crippen molar-refractivity contribution in [2.45, 2.75) is 26.2 Å². The topological polar surface area (TPSA) is 102 Å². The number of rotatable bonds is 7. The number of nitro benzene ring substituents is 1. The predicted octanol–water partition coefficient (Wildman–Crippen LogP) is 4.79. The normalized spacial score (nSPS) is 14.1. The van der Waals surface area contributed by atoms with Gasteiger partial charge in [-0.05, 0) is 56.6 Å². The number of nitrogens with zero attached hydrogens (tertiary/aromatic N) is 5. The van der Waals surface area contributed by atoms with E-state index in [1.54, 1.807) is 18.3 Å². The lowest BCUT2D eigenvalue weighted by molar-refractivity contribution is -0.384. The first-order valence-electron chi connectivity index (χ1n) is 10.5. The van der Waals surface area contributed by atoms with Crippen molar-refractivity contribution in [2.75, 3.05) is 24.6 Å². The van der Waals surface area contributed by atoms with Crippen molar-refractivity contribution < 1.29 is 9.66 Å². The molecule has 3 aromatic rings. The van der Waals surface area contributed by atoms with Crippen LogP contribution in [0.5, 0.6) is 5.75 Å². The maximum atomic E-state index is 11.7. The minimum absolute atomic E-state index is 0.0799. The minimum atomic E-state index is -0.338. The molecule has 1 aliphatic heterocycles. The van der Waals surface area contributed by atoms with Crippen LogP contribution in [-0.4, -0.2) is 45.7 Å². The molecule has 1 aromatic heterocycles. The number of piperidine rings is 1. The van der Waals surface area contributed by atoms with Crippen molar-refractivity contribution >= 4 is 29.8 Å². The first-order valence-corrected chi connectivity index (χ1v) is 11.0. The van der Waals surface area contributed by atoms with E-state index in [1.807, 2.05) is 37.3 Å². The van der Waals surface area contributed by atoms with Crippen LogP contribution >= 0.6 is 12.2 Å². The van der Waals surface area contributed by atoms with Crippen molar-refractivity contribution in [3.8, 4) is 17.1 Å². The number of anilines is 1. The van der Waals surface area contributed by atoms with Gasteiger partial charge >= 0.3 is 0 Å². The van der Waals surface area contributed by atoms with E-state index in [4.69, 9.17) is 17.0 Å². The summed E-state index contributed by atoms with van der Waals surface area (Å²) < 4.78 is 7.37. The Hall–Kier alpha value is -3.53. The largest absolute Gasteiger partial charge is 0.494 e. The summed E-state index contributed by atoms with van der Waals surface area (Å²) >= 11 is 5.33. The number of aromatic amines is 1. The highest BCUT2D eigenvalue weighted by atomic mass is 32.1. The fourth-order valence-electron chi connectivity index (χ4n) is 3.77. The fraction of sp³-hybridized carbons (Fsp3) is 0.318. The monoisotopic (exact) mass is 452 g/mol. The summed E-state index contributed by atoms with van der Waals surface area (Å²) in [5.74, 6) is 1.24. The van der Waals surface area contributed by atoms with Gasteiger partial charge in [0.05, 0.1) is 17.7 Å². The summed E-state index contributed by atoms with van der Waals surface area (Å²) in [7, 11) is 0. The van der Waals surface area contributed by atoms with Gasteiger partial charge in [0.15, 0.2) is 5.82 Å². The van der Waals surface area contributed by atoms with Gasteiger partial charge in [-0.3, -0.25) is 10.1 Å². The molecule has 0 spiro atoms. The second-order valence-electron chi connectivity index (χ2n) is 7.42. The van der Waals surface area contributed by atoms with Crippen LogP contribution in [0.25, 0.3) is 11.4 Å². The Labute approximate surface area is 190 Å². The molecule has 32 heavy (non-hydrogen) atoms. The molecule has 0 aliphatic carbocycles. The Morgan fingerprint density at radius 3 is 2.81 bits per heavy atom. The first-order chi connectivity index (χ1) is 15.6. The molecule has 0 bridgehead atoms. The Kier molecular flexibility index (Phi) is 6.60. The second-order valence-corrected chi connectivity index (χ2v) is 7.81. The molecule has 1 saturated heterocycles.